The van der Waals surface area contributed by atoms with Gasteiger partial charge < -0.3 is 0 Å². The summed E-state index contributed by atoms with van der Waals surface area (Å²) in [6, 6.07) is 4.21. The number of alkyl halides is 3. The molecule has 0 spiro atoms. The molecular weight excluding hydrogens is 316 g/mol. The first kappa shape index (κ1) is 12.5. The molecule has 1 aromatic rings. The van der Waals surface area contributed by atoms with Gasteiger partial charge in [0, 0.05) is 9.49 Å². The van der Waals surface area contributed by atoms with Crippen LogP contribution in [-0.2, 0) is 6.18 Å². The molecule has 1 unspecified atom stereocenters. The van der Waals surface area contributed by atoms with Gasteiger partial charge in [0.1, 0.15) is 0 Å². The van der Waals surface area contributed by atoms with Crippen LogP contribution in [0.1, 0.15) is 17.0 Å². The summed E-state index contributed by atoms with van der Waals surface area (Å²) < 4.78 is 37.8. The molecule has 0 amide bonds. The summed E-state index contributed by atoms with van der Waals surface area (Å²) >= 11 is 1.67. The summed E-state index contributed by atoms with van der Waals surface area (Å²) in [5, 5.41) is 0. The second-order valence-electron chi connectivity index (χ2n) is 3.08. The fraction of sp³-hybridized carbons (Fsp3) is 0.182. The van der Waals surface area contributed by atoms with Crippen molar-refractivity contribution in [1.82, 2.24) is 0 Å². The summed E-state index contributed by atoms with van der Waals surface area (Å²) in [5.41, 5.74) is -0.0890. The first-order valence-corrected chi connectivity index (χ1v) is 5.26. The Balaban J connectivity index is 3.22. The molecule has 0 heterocycles. The molecule has 0 fully saturated rings. The second kappa shape index (κ2) is 4.55. The highest BCUT2D eigenvalue weighted by Gasteiger charge is 2.33. The molecule has 0 aromatic heterocycles. The zero-order valence-electron chi connectivity index (χ0n) is 7.81. The molecule has 1 atom stereocenters. The quantitative estimate of drug-likeness (QED) is 0.558. The predicted molar refractivity (Wildman–Crippen MR) is 62.5 cm³/mol. The minimum absolute atomic E-state index is 0.195. The predicted octanol–water partition coefficient (Wildman–Crippen LogP) is 4.41. The van der Waals surface area contributed by atoms with Crippen LogP contribution in [-0.4, -0.2) is 0 Å². The molecule has 0 nitrogen and oxygen atoms in total. The number of benzene rings is 1. The maximum absolute atomic E-state index is 12.5. The zero-order chi connectivity index (χ0) is 11.6. The van der Waals surface area contributed by atoms with Gasteiger partial charge in [-0.25, -0.2) is 0 Å². The Morgan fingerprint density at radius 2 is 1.93 bits per heavy atom. The highest BCUT2D eigenvalue weighted by Crippen LogP contribution is 2.34. The molecule has 0 aliphatic rings. The molecule has 0 saturated heterocycles. The molecule has 0 saturated carbocycles. The van der Waals surface area contributed by atoms with E-state index in [2.05, 4.69) is 13.5 Å². The SMILES string of the molecule is [CH2]C(C=C)c1ccc(I)c(C(F)(F)F)c1. The lowest BCUT2D eigenvalue weighted by Crippen LogP contribution is -2.08. The van der Waals surface area contributed by atoms with E-state index in [1.54, 1.807) is 28.7 Å². The van der Waals surface area contributed by atoms with Gasteiger partial charge in [0.05, 0.1) is 5.56 Å². The monoisotopic (exact) mass is 325 g/mol. The van der Waals surface area contributed by atoms with Crippen LogP contribution in [0.2, 0.25) is 0 Å². The molecule has 0 bridgehead atoms. The van der Waals surface area contributed by atoms with Crippen molar-refractivity contribution in [2.24, 2.45) is 0 Å². The van der Waals surface area contributed by atoms with Gasteiger partial charge in [-0.2, -0.15) is 13.2 Å². The summed E-state index contributed by atoms with van der Waals surface area (Å²) in [7, 11) is 0. The number of allylic oxidation sites excluding steroid dienone is 1. The molecule has 0 aliphatic heterocycles. The van der Waals surface area contributed by atoms with E-state index in [9.17, 15) is 13.2 Å². The van der Waals surface area contributed by atoms with Crippen LogP contribution in [0.5, 0.6) is 0 Å². The second-order valence-corrected chi connectivity index (χ2v) is 4.24. The third kappa shape index (κ3) is 2.96. The maximum Gasteiger partial charge on any atom is 0.417 e. The molecule has 81 valence electrons. The molecule has 15 heavy (non-hydrogen) atoms. The molecule has 1 radical (unpaired) electrons. The Bertz CT molecular complexity index is 369. The van der Waals surface area contributed by atoms with E-state index in [-0.39, 0.29) is 9.49 Å². The highest BCUT2D eigenvalue weighted by atomic mass is 127. The van der Waals surface area contributed by atoms with Gasteiger partial charge >= 0.3 is 6.18 Å². The normalized spacial score (nSPS) is 13.7. The van der Waals surface area contributed by atoms with Crippen molar-refractivity contribution < 1.29 is 13.2 Å². The van der Waals surface area contributed by atoms with Crippen molar-refractivity contribution in [3.8, 4) is 0 Å². The van der Waals surface area contributed by atoms with Crippen LogP contribution >= 0.6 is 22.6 Å². The van der Waals surface area contributed by atoms with Crippen LogP contribution in [0.4, 0.5) is 13.2 Å². The average Bonchev–Trinajstić information content (AvgIpc) is 2.15. The van der Waals surface area contributed by atoms with Crippen molar-refractivity contribution in [2.45, 2.75) is 12.1 Å². The summed E-state index contributed by atoms with van der Waals surface area (Å²) in [6.45, 7) is 7.20. The topological polar surface area (TPSA) is 0 Å². The van der Waals surface area contributed by atoms with E-state index in [1.807, 2.05) is 0 Å². The lowest BCUT2D eigenvalue weighted by Gasteiger charge is -2.13. The maximum atomic E-state index is 12.5. The van der Waals surface area contributed by atoms with Crippen LogP contribution in [0.15, 0.2) is 30.9 Å². The Morgan fingerprint density at radius 1 is 1.33 bits per heavy atom. The van der Waals surface area contributed by atoms with Crippen LogP contribution in [0, 0.1) is 10.5 Å². The third-order valence-corrected chi connectivity index (χ3v) is 2.95. The van der Waals surface area contributed by atoms with Crippen molar-refractivity contribution in [2.75, 3.05) is 0 Å². The smallest absolute Gasteiger partial charge is 0.166 e. The Morgan fingerprint density at radius 3 is 2.40 bits per heavy atom. The van der Waals surface area contributed by atoms with E-state index >= 15 is 0 Å². The minimum Gasteiger partial charge on any atom is -0.166 e. The third-order valence-electron chi connectivity index (χ3n) is 2.01. The van der Waals surface area contributed by atoms with Gasteiger partial charge in [-0.05, 0) is 47.2 Å². The lowest BCUT2D eigenvalue weighted by molar-refractivity contribution is -0.138. The van der Waals surface area contributed by atoms with Crippen molar-refractivity contribution in [3.05, 3.63) is 52.5 Å². The standard InChI is InChI=1S/C11H9F3I/c1-3-7(2)8-4-5-10(15)9(6-8)11(12,13)14/h3-7H,1-2H2. The first-order chi connectivity index (χ1) is 6.86. The van der Waals surface area contributed by atoms with E-state index in [4.69, 9.17) is 0 Å². The van der Waals surface area contributed by atoms with Gasteiger partial charge in [-0.15, -0.1) is 6.58 Å². The minimum atomic E-state index is -4.31. The molecule has 1 aromatic carbocycles. The average molecular weight is 325 g/mol. The molecule has 4 heteroatoms. The number of hydrogen-bond donors (Lipinski definition) is 0. The van der Waals surface area contributed by atoms with E-state index in [0.717, 1.165) is 6.07 Å². The Kier molecular flexibility index (Phi) is 3.81. The van der Waals surface area contributed by atoms with Crippen LogP contribution in [0.25, 0.3) is 0 Å². The highest BCUT2D eigenvalue weighted by molar-refractivity contribution is 14.1. The Labute approximate surface area is 100 Å². The molecular formula is C11H9F3I. The number of hydrogen-bond acceptors (Lipinski definition) is 0. The van der Waals surface area contributed by atoms with Crippen molar-refractivity contribution in [1.29, 1.82) is 0 Å². The fourth-order valence-corrected chi connectivity index (χ4v) is 1.77. The first-order valence-electron chi connectivity index (χ1n) is 4.18. The van der Waals surface area contributed by atoms with E-state index in [1.165, 1.54) is 12.1 Å². The fourth-order valence-electron chi connectivity index (χ4n) is 1.13. The summed E-state index contributed by atoms with van der Waals surface area (Å²) in [6.07, 6.45) is -2.80. The van der Waals surface area contributed by atoms with Gasteiger partial charge in [-0.1, -0.05) is 12.1 Å². The lowest BCUT2D eigenvalue weighted by atomic mass is 9.99. The molecule has 1 rings (SSSR count). The zero-order valence-corrected chi connectivity index (χ0v) is 9.97. The van der Waals surface area contributed by atoms with Gasteiger partial charge in [0.2, 0.25) is 0 Å². The molecule has 0 aliphatic carbocycles. The largest absolute Gasteiger partial charge is 0.417 e. The van der Waals surface area contributed by atoms with Gasteiger partial charge in [-0.3, -0.25) is 0 Å². The Hall–Kier alpha value is -0.520. The number of halogens is 4. The van der Waals surface area contributed by atoms with E-state index < -0.39 is 11.7 Å². The molecule has 0 N–H and O–H groups in total. The van der Waals surface area contributed by atoms with Crippen molar-refractivity contribution >= 4 is 22.6 Å². The van der Waals surface area contributed by atoms with Crippen LogP contribution < -0.4 is 0 Å². The van der Waals surface area contributed by atoms with Gasteiger partial charge in [0.25, 0.3) is 0 Å². The number of rotatable bonds is 2. The van der Waals surface area contributed by atoms with E-state index in [0.29, 0.717) is 5.56 Å². The van der Waals surface area contributed by atoms with Crippen molar-refractivity contribution in [3.63, 3.8) is 0 Å². The summed E-state index contributed by atoms with van der Waals surface area (Å²) in [4.78, 5) is 0. The van der Waals surface area contributed by atoms with Crippen LogP contribution in [0.3, 0.4) is 0 Å². The summed E-state index contributed by atoms with van der Waals surface area (Å²) in [5.74, 6) is -0.317. The van der Waals surface area contributed by atoms with Gasteiger partial charge in [0.15, 0.2) is 0 Å².